The fraction of sp³-hybridized carbons (Fsp3) is 0.250. The van der Waals surface area contributed by atoms with E-state index in [0.717, 1.165) is 16.9 Å². The molecule has 1 heterocycles. The maximum absolute atomic E-state index is 12.5. The summed E-state index contributed by atoms with van der Waals surface area (Å²) in [6, 6.07) is 11.8. The number of rotatable bonds is 4. The van der Waals surface area contributed by atoms with Crippen LogP contribution in [0.3, 0.4) is 0 Å². The third kappa shape index (κ3) is 3.15. The lowest BCUT2D eigenvalue weighted by atomic mass is 10.1. The number of benzene rings is 1. The first kappa shape index (κ1) is 14.1. The summed E-state index contributed by atoms with van der Waals surface area (Å²) in [5, 5.41) is 3.05. The van der Waals surface area contributed by atoms with Crippen molar-refractivity contribution < 1.29 is 4.79 Å². The molecule has 1 amide bonds. The monoisotopic (exact) mass is 269 g/mol. The van der Waals surface area contributed by atoms with E-state index in [-0.39, 0.29) is 5.91 Å². The highest BCUT2D eigenvalue weighted by Gasteiger charge is 2.16. The number of anilines is 1. The molecule has 1 N–H and O–H groups in total. The number of nitrogens with zero attached hydrogens (tertiary/aromatic N) is 2. The minimum Gasteiger partial charge on any atom is -0.387 e. The Balaban J connectivity index is 2.18. The van der Waals surface area contributed by atoms with Gasteiger partial charge in [-0.1, -0.05) is 30.3 Å². The first-order chi connectivity index (χ1) is 9.61. The molecule has 1 aromatic carbocycles. The summed E-state index contributed by atoms with van der Waals surface area (Å²) in [6.45, 7) is 2.49. The van der Waals surface area contributed by atoms with Gasteiger partial charge in [-0.2, -0.15) is 0 Å². The summed E-state index contributed by atoms with van der Waals surface area (Å²) in [4.78, 5) is 18.4. The summed E-state index contributed by atoms with van der Waals surface area (Å²) in [5.41, 5.74) is 3.39. The Morgan fingerprint density at radius 2 is 2.00 bits per heavy atom. The molecule has 0 aliphatic carbocycles. The predicted molar refractivity (Wildman–Crippen MR) is 80.8 cm³/mol. The van der Waals surface area contributed by atoms with Gasteiger partial charge in [0.15, 0.2) is 0 Å². The third-order valence-electron chi connectivity index (χ3n) is 3.15. The molecule has 0 unspecified atom stereocenters. The molecule has 2 aromatic rings. The van der Waals surface area contributed by atoms with E-state index < -0.39 is 0 Å². The third-order valence-corrected chi connectivity index (χ3v) is 3.15. The molecule has 0 fully saturated rings. The van der Waals surface area contributed by atoms with E-state index in [2.05, 4.69) is 10.3 Å². The van der Waals surface area contributed by atoms with E-state index in [9.17, 15) is 4.79 Å². The molecule has 0 radical (unpaired) electrons. The van der Waals surface area contributed by atoms with Crippen LogP contribution in [0.15, 0.2) is 42.6 Å². The van der Waals surface area contributed by atoms with Crippen LogP contribution in [0.2, 0.25) is 0 Å². The van der Waals surface area contributed by atoms with Crippen LogP contribution in [0.5, 0.6) is 0 Å². The maximum atomic E-state index is 12.5. The Labute approximate surface area is 119 Å². The Hall–Kier alpha value is -2.36. The molecule has 1 aromatic heterocycles. The second-order valence-corrected chi connectivity index (χ2v) is 4.77. The number of amides is 1. The van der Waals surface area contributed by atoms with Gasteiger partial charge in [-0.15, -0.1) is 0 Å². The molecule has 0 spiro atoms. The molecular formula is C16H19N3O. The minimum absolute atomic E-state index is 0.0364. The van der Waals surface area contributed by atoms with Crippen molar-refractivity contribution in [3.8, 4) is 0 Å². The van der Waals surface area contributed by atoms with E-state index in [1.54, 1.807) is 18.1 Å². The molecule has 0 bridgehead atoms. The number of pyridine rings is 1. The van der Waals surface area contributed by atoms with Crippen LogP contribution in [0.25, 0.3) is 0 Å². The van der Waals surface area contributed by atoms with Crippen molar-refractivity contribution >= 4 is 11.6 Å². The van der Waals surface area contributed by atoms with Crippen LogP contribution in [0.1, 0.15) is 21.6 Å². The Morgan fingerprint density at radius 3 is 2.65 bits per heavy atom. The van der Waals surface area contributed by atoms with Crippen molar-refractivity contribution in [3.05, 3.63) is 59.4 Å². The zero-order chi connectivity index (χ0) is 14.5. The van der Waals surface area contributed by atoms with E-state index in [1.807, 2.05) is 50.4 Å². The van der Waals surface area contributed by atoms with Crippen molar-refractivity contribution in [2.24, 2.45) is 0 Å². The molecular weight excluding hydrogens is 250 g/mol. The maximum Gasteiger partial charge on any atom is 0.257 e. The van der Waals surface area contributed by atoms with Crippen molar-refractivity contribution in [2.45, 2.75) is 13.5 Å². The van der Waals surface area contributed by atoms with Crippen LogP contribution in [-0.2, 0) is 6.54 Å². The molecule has 0 saturated heterocycles. The lowest BCUT2D eigenvalue weighted by Gasteiger charge is -2.19. The molecule has 2 rings (SSSR count). The van der Waals surface area contributed by atoms with Gasteiger partial charge in [0.05, 0.1) is 11.3 Å². The largest absolute Gasteiger partial charge is 0.387 e. The standard InChI is InChI=1S/C16H19N3O/c1-12-9-15(17-2)14(10-18-12)16(20)19(3)11-13-7-5-4-6-8-13/h4-10H,11H2,1-3H3,(H,17,18). The number of hydrogen-bond donors (Lipinski definition) is 1. The van der Waals surface area contributed by atoms with Crippen LogP contribution < -0.4 is 5.32 Å². The highest BCUT2D eigenvalue weighted by atomic mass is 16.2. The van der Waals surface area contributed by atoms with Gasteiger partial charge in [0.25, 0.3) is 5.91 Å². The summed E-state index contributed by atoms with van der Waals surface area (Å²) in [7, 11) is 3.61. The number of hydrogen-bond acceptors (Lipinski definition) is 3. The Bertz CT molecular complexity index is 596. The van der Waals surface area contributed by atoms with Gasteiger partial charge < -0.3 is 10.2 Å². The summed E-state index contributed by atoms with van der Waals surface area (Å²) in [5.74, 6) is -0.0364. The first-order valence-corrected chi connectivity index (χ1v) is 6.55. The zero-order valence-corrected chi connectivity index (χ0v) is 12.1. The lowest BCUT2D eigenvalue weighted by molar-refractivity contribution is 0.0785. The molecule has 4 nitrogen and oxygen atoms in total. The van der Waals surface area contributed by atoms with Crippen LogP contribution in [0.4, 0.5) is 5.69 Å². The second-order valence-electron chi connectivity index (χ2n) is 4.77. The summed E-state index contributed by atoms with van der Waals surface area (Å²) < 4.78 is 0. The number of aromatic nitrogens is 1. The zero-order valence-electron chi connectivity index (χ0n) is 12.1. The smallest absolute Gasteiger partial charge is 0.257 e. The molecule has 4 heteroatoms. The number of carbonyl (C=O) groups is 1. The van der Waals surface area contributed by atoms with Crippen LogP contribution in [-0.4, -0.2) is 29.9 Å². The van der Waals surface area contributed by atoms with Gasteiger partial charge in [0.2, 0.25) is 0 Å². The fourth-order valence-electron chi connectivity index (χ4n) is 2.07. The predicted octanol–water partition coefficient (Wildman–Crippen LogP) is 2.70. The highest BCUT2D eigenvalue weighted by molar-refractivity contribution is 5.99. The topological polar surface area (TPSA) is 45.2 Å². The highest BCUT2D eigenvalue weighted by Crippen LogP contribution is 2.17. The Morgan fingerprint density at radius 1 is 1.30 bits per heavy atom. The van der Waals surface area contributed by atoms with Gasteiger partial charge >= 0.3 is 0 Å². The number of aryl methyl sites for hydroxylation is 1. The van der Waals surface area contributed by atoms with Crippen molar-refractivity contribution in [1.29, 1.82) is 0 Å². The summed E-state index contributed by atoms with van der Waals surface area (Å²) >= 11 is 0. The number of nitrogens with one attached hydrogen (secondary N) is 1. The number of carbonyl (C=O) groups excluding carboxylic acids is 1. The minimum atomic E-state index is -0.0364. The molecule has 0 saturated carbocycles. The molecule has 0 aliphatic heterocycles. The van der Waals surface area contributed by atoms with E-state index >= 15 is 0 Å². The fourth-order valence-corrected chi connectivity index (χ4v) is 2.07. The van der Waals surface area contributed by atoms with E-state index in [4.69, 9.17) is 0 Å². The van der Waals surface area contributed by atoms with Crippen molar-refractivity contribution in [1.82, 2.24) is 9.88 Å². The quantitative estimate of drug-likeness (QED) is 0.928. The SMILES string of the molecule is CNc1cc(C)ncc1C(=O)N(C)Cc1ccccc1. The summed E-state index contributed by atoms with van der Waals surface area (Å²) in [6.07, 6.45) is 1.63. The van der Waals surface area contributed by atoms with Crippen molar-refractivity contribution in [2.75, 3.05) is 19.4 Å². The van der Waals surface area contributed by atoms with Gasteiger partial charge in [-0.05, 0) is 18.6 Å². The van der Waals surface area contributed by atoms with Gasteiger partial charge in [-0.25, -0.2) is 0 Å². The molecule has 104 valence electrons. The second kappa shape index (κ2) is 6.19. The molecule has 0 atom stereocenters. The van der Waals surface area contributed by atoms with Gasteiger partial charge in [0.1, 0.15) is 0 Å². The van der Waals surface area contributed by atoms with Crippen LogP contribution >= 0.6 is 0 Å². The van der Waals surface area contributed by atoms with E-state index in [0.29, 0.717) is 12.1 Å². The average Bonchev–Trinajstić information content (AvgIpc) is 2.47. The average molecular weight is 269 g/mol. The normalized spacial score (nSPS) is 10.2. The lowest BCUT2D eigenvalue weighted by Crippen LogP contribution is -2.27. The van der Waals surface area contributed by atoms with Gasteiger partial charge in [-0.3, -0.25) is 9.78 Å². The first-order valence-electron chi connectivity index (χ1n) is 6.55. The van der Waals surface area contributed by atoms with Crippen molar-refractivity contribution in [3.63, 3.8) is 0 Å². The van der Waals surface area contributed by atoms with Crippen LogP contribution in [0, 0.1) is 6.92 Å². The molecule has 20 heavy (non-hydrogen) atoms. The molecule has 0 aliphatic rings. The Kier molecular flexibility index (Phi) is 4.35. The van der Waals surface area contributed by atoms with E-state index in [1.165, 1.54) is 0 Å². The van der Waals surface area contributed by atoms with Gasteiger partial charge in [0, 0.05) is 32.5 Å².